The fourth-order valence-corrected chi connectivity index (χ4v) is 3.88. The van der Waals surface area contributed by atoms with Gasteiger partial charge in [0.25, 0.3) is 0 Å². The molecule has 1 N–H and O–H groups in total. The van der Waals surface area contributed by atoms with Crippen LogP contribution in [-0.2, 0) is 9.59 Å². The molecule has 1 amide bonds. The summed E-state index contributed by atoms with van der Waals surface area (Å²) in [5.41, 5.74) is 0. The van der Waals surface area contributed by atoms with E-state index >= 15 is 0 Å². The van der Waals surface area contributed by atoms with Gasteiger partial charge in [0, 0.05) is 30.6 Å². The summed E-state index contributed by atoms with van der Waals surface area (Å²) in [6, 6.07) is 17.6. The predicted octanol–water partition coefficient (Wildman–Crippen LogP) is 4.72. The van der Waals surface area contributed by atoms with Crippen molar-refractivity contribution in [3.05, 3.63) is 64.4 Å². The van der Waals surface area contributed by atoms with E-state index in [1.165, 1.54) is 11.3 Å². The summed E-state index contributed by atoms with van der Waals surface area (Å²) >= 11 is 1.44. The van der Waals surface area contributed by atoms with Crippen LogP contribution in [0, 0.1) is 6.92 Å². The molecule has 1 heterocycles. The lowest BCUT2D eigenvalue weighted by molar-refractivity contribution is -0.125. The third kappa shape index (κ3) is 6.52. The molecule has 3 rings (SSSR count). The van der Waals surface area contributed by atoms with Crippen LogP contribution in [0.3, 0.4) is 0 Å². The van der Waals surface area contributed by atoms with Crippen molar-refractivity contribution in [1.82, 2.24) is 5.32 Å². The van der Waals surface area contributed by atoms with Crippen molar-refractivity contribution < 1.29 is 19.1 Å². The summed E-state index contributed by atoms with van der Waals surface area (Å²) in [4.78, 5) is 37.7. The summed E-state index contributed by atoms with van der Waals surface area (Å²) in [6.45, 7) is 2.67. The number of rotatable bonds is 11. The number of fused-ring (bicyclic) bond motifs is 1. The molecule has 0 radical (unpaired) electrons. The highest BCUT2D eigenvalue weighted by Crippen LogP contribution is 2.20. The Labute approximate surface area is 180 Å². The number of nitrogens with one attached hydrogen (secondary N) is 1. The van der Waals surface area contributed by atoms with Gasteiger partial charge in [-0.3, -0.25) is 14.4 Å². The van der Waals surface area contributed by atoms with Gasteiger partial charge in [-0.2, -0.15) is 0 Å². The van der Waals surface area contributed by atoms with Gasteiger partial charge in [0.1, 0.15) is 18.1 Å². The Morgan fingerprint density at radius 1 is 0.900 bits per heavy atom. The Morgan fingerprint density at radius 2 is 1.67 bits per heavy atom. The number of benzene rings is 2. The van der Waals surface area contributed by atoms with E-state index in [0.29, 0.717) is 18.0 Å². The molecular formula is C24H25NO4S. The molecule has 0 aliphatic rings. The van der Waals surface area contributed by atoms with Crippen LogP contribution in [0.5, 0.6) is 5.75 Å². The van der Waals surface area contributed by atoms with Crippen LogP contribution in [-0.4, -0.2) is 30.6 Å². The van der Waals surface area contributed by atoms with E-state index in [2.05, 4.69) is 5.32 Å². The van der Waals surface area contributed by atoms with E-state index in [9.17, 15) is 14.4 Å². The van der Waals surface area contributed by atoms with Crippen LogP contribution in [0.15, 0.2) is 54.6 Å². The molecule has 30 heavy (non-hydrogen) atoms. The molecule has 0 fully saturated rings. The molecule has 6 heteroatoms. The molecule has 0 aliphatic carbocycles. The fourth-order valence-electron chi connectivity index (χ4n) is 3.04. The first kappa shape index (κ1) is 21.7. The standard InChI is InChI=1S/C24H25NO4S/c1-17-6-12-23(30-17)22(27)11-8-20(26)9-13-24(28)25-14-15-29-21-10-7-18-4-2-3-5-19(18)16-21/h2-7,10,12,16H,8-9,11,13-15H2,1H3,(H,25,28). The normalized spacial score (nSPS) is 10.7. The first-order valence-electron chi connectivity index (χ1n) is 10.0. The molecule has 1 aromatic heterocycles. The maximum Gasteiger partial charge on any atom is 0.220 e. The topological polar surface area (TPSA) is 72.5 Å². The second-order valence-electron chi connectivity index (χ2n) is 7.08. The van der Waals surface area contributed by atoms with Crippen molar-refractivity contribution in [2.24, 2.45) is 0 Å². The number of hydrogen-bond acceptors (Lipinski definition) is 5. The van der Waals surface area contributed by atoms with Gasteiger partial charge in [0.15, 0.2) is 5.78 Å². The third-order valence-corrected chi connectivity index (χ3v) is 5.73. The van der Waals surface area contributed by atoms with Crippen LogP contribution in [0.25, 0.3) is 10.8 Å². The van der Waals surface area contributed by atoms with Gasteiger partial charge >= 0.3 is 0 Å². The van der Waals surface area contributed by atoms with Gasteiger partial charge < -0.3 is 10.1 Å². The van der Waals surface area contributed by atoms with Gasteiger partial charge in [-0.15, -0.1) is 11.3 Å². The Balaban J connectivity index is 1.29. The molecule has 156 valence electrons. The van der Waals surface area contributed by atoms with E-state index in [1.807, 2.05) is 55.5 Å². The van der Waals surface area contributed by atoms with E-state index in [4.69, 9.17) is 4.74 Å². The molecule has 2 aromatic carbocycles. The Kier molecular flexibility index (Phi) is 7.74. The summed E-state index contributed by atoms with van der Waals surface area (Å²) in [7, 11) is 0. The van der Waals surface area contributed by atoms with E-state index in [-0.39, 0.29) is 43.2 Å². The summed E-state index contributed by atoms with van der Waals surface area (Å²) in [6.07, 6.45) is 0.642. The molecule has 0 saturated heterocycles. The number of hydrogen-bond donors (Lipinski definition) is 1. The molecule has 0 unspecified atom stereocenters. The highest BCUT2D eigenvalue weighted by Gasteiger charge is 2.12. The molecule has 0 bridgehead atoms. The average molecular weight is 424 g/mol. The predicted molar refractivity (Wildman–Crippen MR) is 119 cm³/mol. The summed E-state index contributed by atoms with van der Waals surface area (Å²) in [5.74, 6) is 0.477. The molecular weight excluding hydrogens is 398 g/mol. The smallest absolute Gasteiger partial charge is 0.220 e. The van der Waals surface area contributed by atoms with Crippen LogP contribution in [0.1, 0.15) is 40.2 Å². The molecule has 5 nitrogen and oxygen atoms in total. The number of thiophene rings is 1. The molecule has 0 aliphatic heterocycles. The maximum absolute atomic E-state index is 12.0. The minimum Gasteiger partial charge on any atom is -0.492 e. The highest BCUT2D eigenvalue weighted by molar-refractivity contribution is 7.14. The Bertz CT molecular complexity index is 1040. The first-order valence-corrected chi connectivity index (χ1v) is 10.8. The number of aryl methyl sites for hydroxylation is 1. The van der Waals surface area contributed by atoms with Crippen LogP contribution in [0.4, 0.5) is 0 Å². The lowest BCUT2D eigenvalue weighted by atomic mass is 10.1. The molecule has 0 saturated carbocycles. The average Bonchev–Trinajstić information content (AvgIpc) is 3.20. The largest absolute Gasteiger partial charge is 0.492 e. The number of Topliss-reactive ketones (excluding diaryl/α,β-unsaturated/α-hetero) is 2. The highest BCUT2D eigenvalue weighted by atomic mass is 32.1. The second-order valence-corrected chi connectivity index (χ2v) is 8.37. The van der Waals surface area contributed by atoms with Crippen molar-refractivity contribution in [3.8, 4) is 5.75 Å². The van der Waals surface area contributed by atoms with Crippen LogP contribution in [0.2, 0.25) is 0 Å². The van der Waals surface area contributed by atoms with Crippen molar-refractivity contribution in [2.45, 2.75) is 32.6 Å². The van der Waals surface area contributed by atoms with Gasteiger partial charge in [0.05, 0.1) is 11.4 Å². The van der Waals surface area contributed by atoms with Crippen molar-refractivity contribution >= 4 is 39.6 Å². The number of ketones is 2. The van der Waals surface area contributed by atoms with Gasteiger partial charge in [-0.25, -0.2) is 0 Å². The monoisotopic (exact) mass is 423 g/mol. The minimum atomic E-state index is -0.189. The fraction of sp³-hybridized carbons (Fsp3) is 0.292. The Hall–Kier alpha value is -2.99. The Morgan fingerprint density at radius 3 is 2.43 bits per heavy atom. The van der Waals surface area contributed by atoms with Gasteiger partial charge in [-0.1, -0.05) is 30.3 Å². The summed E-state index contributed by atoms with van der Waals surface area (Å²) < 4.78 is 5.68. The SMILES string of the molecule is Cc1ccc(C(=O)CCC(=O)CCC(=O)NCCOc2ccc3ccccc3c2)s1. The zero-order chi connectivity index (χ0) is 21.3. The number of amides is 1. The van der Waals surface area contributed by atoms with Gasteiger partial charge in [0.2, 0.25) is 5.91 Å². The van der Waals surface area contributed by atoms with E-state index in [0.717, 1.165) is 21.4 Å². The van der Waals surface area contributed by atoms with E-state index in [1.54, 1.807) is 6.07 Å². The molecule has 0 spiro atoms. The number of ether oxygens (including phenoxy) is 1. The van der Waals surface area contributed by atoms with Crippen molar-refractivity contribution in [2.75, 3.05) is 13.2 Å². The number of carbonyl (C=O) groups is 3. The second kappa shape index (κ2) is 10.7. The van der Waals surface area contributed by atoms with Gasteiger partial charge in [-0.05, 0) is 42.0 Å². The lowest BCUT2D eigenvalue weighted by Gasteiger charge is -2.08. The zero-order valence-electron chi connectivity index (χ0n) is 17.0. The minimum absolute atomic E-state index is 0.0169. The summed E-state index contributed by atoms with van der Waals surface area (Å²) in [5, 5.41) is 5.01. The zero-order valence-corrected chi connectivity index (χ0v) is 17.8. The lowest BCUT2D eigenvalue weighted by Crippen LogP contribution is -2.28. The maximum atomic E-state index is 12.0. The van der Waals surface area contributed by atoms with Crippen LogP contribution < -0.4 is 10.1 Å². The van der Waals surface area contributed by atoms with E-state index < -0.39 is 0 Å². The van der Waals surface area contributed by atoms with Crippen LogP contribution >= 0.6 is 11.3 Å². The quantitative estimate of drug-likeness (QED) is 0.358. The molecule has 0 atom stereocenters. The number of carbonyl (C=O) groups excluding carboxylic acids is 3. The first-order chi connectivity index (χ1) is 14.5. The molecule has 3 aromatic rings. The van der Waals surface area contributed by atoms with Crippen molar-refractivity contribution in [1.29, 1.82) is 0 Å². The third-order valence-electron chi connectivity index (χ3n) is 4.69. The van der Waals surface area contributed by atoms with Crippen molar-refractivity contribution in [3.63, 3.8) is 0 Å².